The molecule has 0 unspecified atom stereocenters. The van der Waals surface area contributed by atoms with Crippen LogP contribution in [0.5, 0.6) is 5.75 Å². The number of benzene rings is 1. The molecule has 0 spiro atoms. The molecular formula is C13H16O4. The first-order valence-corrected chi connectivity index (χ1v) is 5.37. The third-order valence-electron chi connectivity index (χ3n) is 1.99. The Labute approximate surface area is 101 Å². The Kier molecular flexibility index (Phi) is 5.64. The molecule has 4 nitrogen and oxygen atoms in total. The van der Waals surface area contributed by atoms with Crippen molar-refractivity contribution in [2.24, 2.45) is 0 Å². The summed E-state index contributed by atoms with van der Waals surface area (Å²) in [5, 5.41) is 0. The molecule has 0 fully saturated rings. The largest absolute Gasteiger partial charge is 0.512 e. The molecule has 0 aliphatic rings. The standard InChI is InChI=1S/C13H16O4/c1-3-16-12-8-4-6-11(10-12)7-5-9-17-13(14)15-2/h4-6,8-10H,3,7H2,1-2H3. The van der Waals surface area contributed by atoms with E-state index in [-0.39, 0.29) is 0 Å². The van der Waals surface area contributed by atoms with Crippen molar-refractivity contribution in [3.8, 4) is 5.75 Å². The second-order valence-electron chi connectivity index (χ2n) is 3.23. The zero-order valence-electron chi connectivity index (χ0n) is 10.0. The van der Waals surface area contributed by atoms with Gasteiger partial charge in [-0.05, 0) is 37.1 Å². The smallest absolute Gasteiger partial charge is 0.494 e. The fraction of sp³-hybridized carbons (Fsp3) is 0.308. The van der Waals surface area contributed by atoms with Crippen molar-refractivity contribution in [1.82, 2.24) is 0 Å². The van der Waals surface area contributed by atoms with Gasteiger partial charge in [0.05, 0.1) is 20.0 Å². The van der Waals surface area contributed by atoms with Gasteiger partial charge in [-0.1, -0.05) is 12.1 Å². The summed E-state index contributed by atoms with van der Waals surface area (Å²) in [5.74, 6) is 0.840. The summed E-state index contributed by atoms with van der Waals surface area (Å²) in [6.45, 7) is 2.58. The molecule has 0 radical (unpaired) electrons. The Morgan fingerprint density at radius 2 is 2.24 bits per heavy atom. The van der Waals surface area contributed by atoms with E-state index in [0.717, 1.165) is 11.3 Å². The predicted octanol–water partition coefficient (Wildman–Crippen LogP) is 2.92. The van der Waals surface area contributed by atoms with Gasteiger partial charge in [-0.15, -0.1) is 0 Å². The Hall–Kier alpha value is -1.97. The quantitative estimate of drug-likeness (QED) is 0.582. The molecule has 92 valence electrons. The van der Waals surface area contributed by atoms with Gasteiger partial charge in [0.25, 0.3) is 0 Å². The molecule has 0 amide bonds. The molecule has 0 saturated carbocycles. The van der Waals surface area contributed by atoms with Crippen LogP contribution >= 0.6 is 0 Å². The SMILES string of the molecule is CCOc1cccc(CC=COC(=O)OC)c1. The normalized spacial score (nSPS) is 10.2. The average molecular weight is 236 g/mol. The van der Waals surface area contributed by atoms with Crippen LogP contribution in [-0.4, -0.2) is 19.9 Å². The molecule has 0 bridgehead atoms. The lowest BCUT2D eigenvalue weighted by Crippen LogP contribution is -1.98. The van der Waals surface area contributed by atoms with E-state index in [2.05, 4.69) is 9.47 Å². The van der Waals surface area contributed by atoms with E-state index in [0.29, 0.717) is 13.0 Å². The first kappa shape index (κ1) is 13.1. The third kappa shape index (κ3) is 5.06. The molecule has 4 heteroatoms. The molecule has 0 aromatic heterocycles. The Balaban J connectivity index is 2.45. The summed E-state index contributed by atoms with van der Waals surface area (Å²) in [6, 6.07) is 7.76. The van der Waals surface area contributed by atoms with Crippen LogP contribution in [0.3, 0.4) is 0 Å². The third-order valence-corrected chi connectivity index (χ3v) is 1.99. The van der Waals surface area contributed by atoms with Crippen LogP contribution in [0.25, 0.3) is 0 Å². The fourth-order valence-electron chi connectivity index (χ4n) is 1.26. The predicted molar refractivity (Wildman–Crippen MR) is 63.9 cm³/mol. The van der Waals surface area contributed by atoms with E-state index < -0.39 is 6.16 Å². The summed E-state index contributed by atoms with van der Waals surface area (Å²) < 4.78 is 14.3. The van der Waals surface area contributed by atoms with Crippen LogP contribution in [0.4, 0.5) is 4.79 Å². The van der Waals surface area contributed by atoms with Gasteiger partial charge in [-0.2, -0.15) is 0 Å². The lowest BCUT2D eigenvalue weighted by atomic mass is 10.1. The van der Waals surface area contributed by atoms with Gasteiger partial charge in [-0.25, -0.2) is 4.79 Å². The van der Waals surface area contributed by atoms with E-state index in [1.54, 1.807) is 6.08 Å². The molecule has 0 aliphatic heterocycles. The van der Waals surface area contributed by atoms with Crippen molar-refractivity contribution in [3.63, 3.8) is 0 Å². The van der Waals surface area contributed by atoms with E-state index in [4.69, 9.17) is 4.74 Å². The molecular weight excluding hydrogens is 220 g/mol. The maximum atomic E-state index is 10.6. The number of hydrogen-bond acceptors (Lipinski definition) is 4. The van der Waals surface area contributed by atoms with Gasteiger partial charge < -0.3 is 14.2 Å². The molecule has 17 heavy (non-hydrogen) atoms. The van der Waals surface area contributed by atoms with Crippen LogP contribution in [0.2, 0.25) is 0 Å². The van der Waals surface area contributed by atoms with Gasteiger partial charge >= 0.3 is 6.16 Å². The Morgan fingerprint density at radius 3 is 2.94 bits per heavy atom. The maximum Gasteiger partial charge on any atom is 0.512 e. The molecule has 0 aliphatic carbocycles. The van der Waals surface area contributed by atoms with Crippen LogP contribution in [0, 0.1) is 0 Å². The van der Waals surface area contributed by atoms with E-state index >= 15 is 0 Å². The average Bonchev–Trinajstić information content (AvgIpc) is 2.35. The monoisotopic (exact) mass is 236 g/mol. The second-order valence-corrected chi connectivity index (χ2v) is 3.23. The van der Waals surface area contributed by atoms with Gasteiger partial charge in [0.2, 0.25) is 0 Å². The summed E-state index contributed by atoms with van der Waals surface area (Å²) in [6.07, 6.45) is 3.00. The first-order chi connectivity index (χ1) is 8.26. The van der Waals surface area contributed by atoms with Crippen LogP contribution in [0.1, 0.15) is 12.5 Å². The summed E-state index contributed by atoms with van der Waals surface area (Å²) >= 11 is 0. The summed E-state index contributed by atoms with van der Waals surface area (Å²) in [5.41, 5.74) is 1.08. The first-order valence-electron chi connectivity index (χ1n) is 5.37. The lowest BCUT2D eigenvalue weighted by molar-refractivity contribution is 0.105. The van der Waals surface area contributed by atoms with Crippen molar-refractivity contribution in [2.45, 2.75) is 13.3 Å². The molecule has 0 saturated heterocycles. The Morgan fingerprint density at radius 1 is 1.41 bits per heavy atom. The van der Waals surface area contributed by atoms with Crippen LogP contribution in [-0.2, 0) is 15.9 Å². The van der Waals surface area contributed by atoms with Crippen LogP contribution in [0.15, 0.2) is 36.6 Å². The molecule has 1 aromatic rings. The zero-order chi connectivity index (χ0) is 12.5. The van der Waals surface area contributed by atoms with Gasteiger partial charge in [0, 0.05) is 0 Å². The number of methoxy groups -OCH3 is 1. The number of ether oxygens (including phenoxy) is 3. The van der Waals surface area contributed by atoms with E-state index in [9.17, 15) is 4.79 Å². The molecule has 1 rings (SSSR count). The Bertz CT molecular complexity index is 385. The number of carbonyl (C=O) groups is 1. The number of allylic oxidation sites excluding steroid dienone is 1. The van der Waals surface area contributed by atoms with Crippen LogP contribution < -0.4 is 4.74 Å². The molecule has 0 N–H and O–H groups in total. The summed E-state index contributed by atoms with van der Waals surface area (Å²) in [7, 11) is 1.27. The van der Waals surface area contributed by atoms with Crippen molar-refractivity contribution >= 4 is 6.16 Å². The topological polar surface area (TPSA) is 44.8 Å². The fourth-order valence-corrected chi connectivity index (χ4v) is 1.26. The maximum absolute atomic E-state index is 10.6. The minimum Gasteiger partial charge on any atom is -0.494 e. The van der Waals surface area contributed by atoms with E-state index in [1.807, 2.05) is 31.2 Å². The van der Waals surface area contributed by atoms with Gasteiger partial charge in [-0.3, -0.25) is 0 Å². The second kappa shape index (κ2) is 7.33. The molecule has 0 heterocycles. The minimum atomic E-state index is -0.718. The molecule has 0 atom stereocenters. The highest BCUT2D eigenvalue weighted by molar-refractivity contribution is 5.60. The highest BCUT2D eigenvalue weighted by atomic mass is 16.7. The minimum absolute atomic E-state index is 0.644. The van der Waals surface area contributed by atoms with Crippen molar-refractivity contribution in [1.29, 1.82) is 0 Å². The highest BCUT2D eigenvalue weighted by Gasteiger charge is 1.96. The van der Waals surface area contributed by atoms with Crippen molar-refractivity contribution in [2.75, 3.05) is 13.7 Å². The van der Waals surface area contributed by atoms with Gasteiger partial charge in [0.15, 0.2) is 0 Å². The summed E-state index contributed by atoms with van der Waals surface area (Å²) in [4.78, 5) is 10.6. The molecule has 1 aromatic carbocycles. The van der Waals surface area contributed by atoms with Crippen molar-refractivity contribution < 1.29 is 19.0 Å². The van der Waals surface area contributed by atoms with Gasteiger partial charge in [0.1, 0.15) is 5.75 Å². The number of hydrogen-bond donors (Lipinski definition) is 0. The highest BCUT2D eigenvalue weighted by Crippen LogP contribution is 2.13. The van der Waals surface area contributed by atoms with Crippen molar-refractivity contribution in [3.05, 3.63) is 42.2 Å². The zero-order valence-corrected chi connectivity index (χ0v) is 10.0. The lowest BCUT2D eigenvalue weighted by Gasteiger charge is -2.04. The number of carbonyl (C=O) groups excluding carboxylic acids is 1. The number of rotatable bonds is 5. The van der Waals surface area contributed by atoms with E-state index in [1.165, 1.54) is 13.4 Å².